The largest absolute Gasteiger partial charge is 0.375 e. The van der Waals surface area contributed by atoms with Gasteiger partial charge >= 0.3 is 0 Å². The van der Waals surface area contributed by atoms with Gasteiger partial charge in [0.05, 0.1) is 23.1 Å². The first kappa shape index (κ1) is 15.7. The molecule has 0 bridgehead atoms. The molecule has 116 valence electrons. The number of halogens is 2. The minimum Gasteiger partial charge on any atom is -0.375 e. The maximum absolute atomic E-state index is 12.3. The molecule has 1 fully saturated rings. The number of aromatic nitrogens is 1. The van der Waals surface area contributed by atoms with Crippen LogP contribution in [0.5, 0.6) is 0 Å². The van der Waals surface area contributed by atoms with Crippen LogP contribution in [0, 0.1) is 5.92 Å². The molecule has 2 aromatic rings. The number of anilines is 1. The lowest BCUT2D eigenvalue weighted by Gasteiger charge is -2.15. The maximum Gasteiger partial charge on any atom is 0.231 e. The van der Waals surface area contributed by atoms with E-state index in [0.717, 1.165) is 15.2 Å². The molecule has 0 saturated carbocycles. The van der Waals surface area contributed by atoms with Crippen LogP contribution in [0.2, 0.25) is 5.02 Å². The molecule has 1 N–H and O–H groups in total. The van der Waals surface area contributed by atoms with Crippen LogP contribution >= 0.6 is 27.5 Å². The monoisotopic (exact) mass is 382 g/mol. The highest BCUT2D eigenvalue weighted by Gasteiger charge is 2.36. The zero-order chi connectivity index (χ0) is 15.9. The average Bonchev–Trinajstić information content (AvgIpc) is 2.81. The molecule has 0 aliphatic carbocycles. The van der Waals surface area contributed by atoms with Crippen molar-refractivity contribution in [2.24, 2.45) is 5.92 Å². The Morgan fingerprint density at radius 3 is 2.86 bits per heavy atom. The highest BCUT2D eigenvalue weighted by molar-refractivity contribution is 9.10. The summed E-state index contributed by atoms with van der Waals surface area (Å²) in [6, 6.07) is 5.60. The van der Waals surface area contributed by atoms with Crippen LogP contribution < -0.4 is 5.32 Å². The summed E-state index contributed by atoms with van der Waals surface area (Å²) in [6.07, 6.45) is 2.42. The van der Waals surface area contributed by atoms with Gasteiger partial charge < -0.3 is 10.1 Å². The van der Waals surface area contributed by atoms with Gasteiger partial charge in [-0.05, 0) is 59.8 Å². The number of fused-ring (bicyclic) bond motifs is 1. The standard InChI is InChI=1S/C16H16BrClN2O2/c1-16(2)6-11(8-22-16)15(21)20-14-5-9-3-12(17)13(18)4-10(9)7-19-14/h3-5,7,11H,6,8H2,1-2H3,(H,19,20,21)/t11-/m1/s1. The fraction of sp³-hybridized carbons (Fsp3) is 0.375. The lowest BCUT2D eigenvalue weighted by molar-refractivity contribution is -0.119. The number of ether oxygens (including phenoxy) is 1. The van der Waals surface area contributed by atoms with Gasteiger partial charge in [0.2, 0.25) is 5.91 Å². The van der Waals surface area contributed by atoms with Crippen molar-refractivity contribution in [3.63, 3.8) is 0 Å². The Morgan fingerprint density at radius 2 is 2.18 bits per heavy atom. The molecule has 1 saturated heterocycles. The van der Waals surface area contributed by atoms with E-state index in [0.29, 0.717) is 23.9 Å². The summed E-state index contributed by atoms with van der Waals surface area (Å²) in [7, 11) is 0. The molecule has 6 heteroatoms. The van der Waals surface area contributed by atoms with Gasteiger partial charge in [0.25, 0.3) is 0 Å². The number of benzene rings is 1. The smallest absolute Gasteiger partial charge is 0.231 e. The molecule has 0 unspecified atom stereocenters. The van der Waals surface area contributed by atoms with Crippen molar-refractivity contribution in [3.05, 3.63) is 33.9 Å². The van der Waals surface area contributed by atoms with E-state index in [1.54, 1.807) is 6.20 Å². The lowest BCUT2D eigenvalue weighted by Crippen LogP contribution is -2.24. The van der Waals surface area contributed by atoms with E-state index in [4.69, 9.17) is 16.3 Å². The molecule has 1 atom stereocenters. The fourth-order valence-corrected chi connectivity index (χ4v) is 3.17. The number of carbonyl (C=O) groups is 1. The average molecular weight is 384 g/mol. The van der Waals surface area contributed by atoms with E-state index in [9.17, 15) is 4.79 Å². The Balaban J connectivity index is 1.79. The Bertz CT molecular complexity index is 748. The van der Waals surface area contributed by atoms with Gasteiger partial charge in [-0.15, -0.1) is 0 Å². The maximum atomic E-state index is 12.3. The summed E-state index contributed by atoms with van der Waals surface area (Å²) < 4.78 is 6.42. The fourth-order valence-electron chi connectivity index (χ4n) is 2.64. The van der Waals surface area contributed by atoms with E-state index in [1.807, 2.05) is 32.0 Å². The predicted molar refractivity (Wildman–Crippen MR) is 91.2 cm³/mol. The normalized spacial score (nSPS) is 20.3. The summed E-state index contributed by atoms with van der Waals surface area (Å²) in [5.41, 5.74) is -0.236. The molecular weight excluding hydrogens is 368 g/mol. The minimum atomic E-state index is -0.236. The Labute approximate surface area is 142 Å². The number of amides is 1. The van der Waals surface area contributed by atoms with Crippen molar-refractivity contribution >= 4 is 50.0 Å². The number of nitrogens with zero attached hydrogens (tertiary/aromatic N) is 1. The van der Waals surface area contributed by atoms with Crippen LogP contribution in [0.1, 0.15) is 20.3 Å². The summed E-state index contributed by atoms with van der Waals surface area (Å²) in [6.45, 7) is 4.44. The second-order valence-electron chi connectivity index (χ2n) is 6.14. The van der Waals surface area contributed by atoms with Gasteiger partial charge in [0.15, 0.2) is 0 Å². The summed E-state index contributed by atoms with van der Waals surface area (Å²) in [5.74, 6) is 0.353. The van der Waals surface area contributed by atoms with Crippen molar-refractivity contribution in [2.45, 2.75) is 25.9 Å². The Hall–Kier alpha value is -1.17. The molecule has 0 radical (unpaired) electrons. The third-order valence-corrected chi connectivity index (χ3v) is 4.99. The van der Waals surface area contributed by atoms with E-state index >= 15 is 0 Å². The summed E-state index contributed by atoms with van der Waals surface area (Å²) >= 11 is 9.47. The SMILES string of the molecule is CC1(C)C[C@@H](C(=O)Nc2cc3cc(Br)c(Cl)cc3cn2)CO1. The van der Waals surface area contributed by atoms with Crippen molar-refractivity contribution < 1.29 is 9.53 Å². The van der Waals surface area contributed by atoms with Gasteiger partial charge in [0.1, 0.15) is 5.82 Å². The second kappa shape index (κ2) is 5.80. The number of hydrogen-bond acceptors (Lipinski definition) is 3. The number of carbonyl (C=O) groups excluding carboxylic acids is 1. The molecule has 1 aliphatic rings. The quantitative estimate of drug-likeness (QED) is 0.836. The van der Waals surface area contributed by atoms with Gasteiger partial charge in [0, 0.05) is 16.1 Å². The molecule has 1 aromatic heterocycles. The highest BCUT2D eigenvalue weighted by atomic mass is 79.9. The van der Waals surface area contributed by atoms with Crippen molar-refractivity contribution in [1.29, 1.82) is 0 Å². The van der Waals surface area contributed by atoms with Crippen LogP contribution in [0.3, 0.4) is 0 Å². The number of nitrogens with one attached hydrogen (secondary N) is 1. The van der Waals surface area contributed by atoms with Gasteiger partial charge in [-0.3, -0.25) is 4.79 Å². The number of pyridine rings is 1. The molecule has 1 aliphatic heterocycles. The van der Waals surface area contributed by atoms with Gasteiger partial charge in [-0.25, -0.2) is 4.98 Å². The van der Waals surface area contributed by atoms with E-state index in [2.05, 4.69) is 26.2 Å². The first-order valence-corrected chi connectivity index (χ1v) is 8.21. The first-order chi connectivity index (χ1) is 10.3. The zero-order valence-corrected chi connectivity index (χ0v) is 14.7. The second-order valence-corrected chi connectivity index (χ2v) is 7.41. The van der Waals surface area contributed by atoms with Crippen molar-refractivity contribution in [3.8, 4) is 0 Å². The summed E-state index contributed by atoms with van der Waals surface area (Å²) in [4.78, 5) is 16.6. The number of hydrogen-bond donors (Lipinski definition) is 1. The third kappa shape index (κ3) is 3.26. The molecule has 4 nitrogen and oxygen atoms in total. The van der Waals surface area contributed by atoms with E-state index in [1.165, 1.54) is 0 Å². The molecule has 3 rings (SSSR count). The molecule has 2 heterocycles. The topological polar surface area (TPSA) is 51.2 Å². The van der Waals surface area contributed by atoms with Crippen molar-refractivity contribution in [2.75, 3.05) is 11.9 Å². The van der Waals surface area contributed by atoms with Crippen LogP contribution in [-0.2, 0) is 9.53 Å². The van der Waals surface area contributed by atoms with Crippen LogP contribution in [-0.4, -0.2) is 23.1 Å². The minimum absolute atomic E-state index is 0.0505. The summed E-state index contributed by atoms with van der Waals surface area (Å²) in [5, 5.41) is 5.39. The van der Waals surface area contributed by atoms with E-state index in [-0.39, 0.29) is 17.4 Å². The zero-order valence-electron chi connectivity index (χ0n) is 12.3. The Morgan fingerprint density at radius 1 is 1.41 bits per heavy atom. The van der Waals surface area contributed by atoms with E-state index < -0.39 is 0 Å². The van der Waals surface area contributed by atoms with Crippen molar-refractivity contribution in [1.82, 2.24) is 4.98 Å². The lowest BCUT2D eigenvalue weighted by atomic mass is 9.97. The third-order valence-electron chi connectivity index (χ3n) is 3.80. The molecule has 0 spiro atoms. The van der Waals surface area contributed by atoms with Gasteiger partial charge in [-0.2, -0.15) is 0 Å². The highest BCUT2D eigenvalue weighted by Crippen LogP contribution is 2.31. The van der Waals surface area contributed by atoms with Crippen LogP contribution in [0.25, 0.3) is 10.8 Å². The predicted octanol–water partition coefficient (Wildman–Crippen LogP) is 4.40. The number of rotatable bonds is 2. The molecule has 22 heavy (non-hydrogen) atoms. The molecule has 1 amide bonds. The van der Waals surface area contributed by atoms with Gasteiger partial charge in [-0.1, -0.05) is 11.6 Å². The van der Waals surface area contributed by atoms with Crippen LogP contribution in [0.4, 0.5) is 5.82 Å². The first-order valence-electron chi connectivity index (χ1n) is 7.04. The molecular formula is C16H16BrClN2O2. The van der Waals surface area contributed by atoms with Crippen LogP contribution in [0.15, 0.2) is 28.9 Å². The Kier molecular flexibility index (Phi) is 4.14. The molecule has 1 aromatic carbocycles.